The summed E-state index contributed by atoms with van der Waals surface area (Å²) in [6, 6.07) is 26.7. The van der Waals surface area contributed by atoms with E-state index in [0.29, 0.717) is 0 Å². The summed E-state index contributed by atoms with van der Waals surface area (Å²) < 4.78 is 6.06. The first-order chi connectivity index (χ1) is 17.2. The van der Waals surface area contributed by atoms with Crippen molar-refractivity contribution >= 4 is 17.1 Å². The van der Waals surface area contributed by atoms with Crippen LogP contribution in [-0.4, -0.2) is 25.6 Å². The Morgan fingerprint density at radius 1 is 0.459 bits per heavy atom. The minimum Gasteiger partial charge on any atom is -0.488 e. The van der Waals surface area contributed by atoms with Gasteiger partial charge in [0.25, 0.3) is 0 Å². The zero-order chi connectivity index (χ0) is 27.0. The van der Waals surface area contributed by atoms with Crippen LogP contribution in [0.5, 0.6) is 5.75 Å². The van der Waals surface area contributed by atoms with E-state index in [-0.39, 0.29) is 16.4 Å². The van der Waals surface area contributed by atoms with Gasteiger partial charge in [0.15, 0.2) is 0 Å². The van der Waals surface area contributed by atoms with Gasteiger partial charge in [0.1, 0.15) is 11.4 Å². The van der Waals surface area contributed by atoms with E-state index >= 15 is 0 Å². The van der Waals surface area contributed by atoms with Gasteiger partial charge in [0.2, 0.25) is 0 Å². The highest BCUT2D eigenvalue weighted by Crippen LogP contribution is 2.31. The van der Waals surface area contributed by atoms with Crippen molar-refractivity contribution in [2.45, 2.75) is 78.7 Å². The number of benzene rings is 3. The molecule has 0 N–H and O–H groups in total. The lowest BCUT2D eigenvalue weighted by Crippen LogP contribution is -2.55. The molecule has 0 aromatic heterocycles. The number of hydrogen-bond acceptors (Lipinski definition) is 4. The number of ether oxygens (including phenoxy) is 1. The molecule has 4 rings (SSSR count). The maximum atomic E-state index is 6.06. The molecule has 0 spiro atoms. The van der Waals surface area contributed by atoms with E-state index in [2.05, 4.69) is 150 Å². The first-order valence-corrected chi connectivity index (χ1v) is 13.4. The van der Waals surface area contributed by atoms with Gasteiger partial charge in [-0.15, -0.1) is 0 Å². The van der Waals surface area contributed by atoms with Crippen LogP contribution in [0.2, 0.25) is 0 Å². The van der Waals surface area contributed by atoms with Crippen LogP contribution in [-0.2, 0) is 10.8 Å². The van der Waals surface area contributed by atoms with Gasteiger partial charge in [-0.05, 0) is 91.3 Å². The van der Waals surface area contributed by atoms with Crippen LogP contribution in [0, 0.1) is 0 Å². The van der Waals surface area contributed by atoms with E-state index < -0.39 is 0 Å². The molecule has 0 amide bonds. The summed E-state index contributed by atoms with van der Waals surface area (Å²) in [5, 5.41) is 0. The van der Waals surface area contributed by atoms with Crippen molar-refractivity contribution < 1.29 is 4.74 Å². The predicted molar refractivity (Wildman–Crippen MR) is 159 cm³/mol. The van der Waals surface area contributed by atoms with Crippen molar-refractivity contribution in [3.05, 3.63) is 83.9 Å². The molecule has 4 nitrogen and oxygen atoms in total. The van der Waals surface area contributed by atoms with Crippen LogP contribution in [0.3, 0.4) is 0 Å². The Labute approximate surface area is 224 Å². The van der Waals surface area contributed by atoms with E-state index in [9.17, 15) is 0 Å². The minimum absolute atomic E-state index is 0.143. The molecule has 1 aliphatic heterocycles. The molecule has 0 saturated carbocycles. The maximum absolute atomic E-state index is 6.06. The van der Waals surface area contributed by atoms with Gasteiger partial charge >= 0.3 is 0 Å². The molecule has 0 bridgehead atoms. The molecular weight excluding hydrogens is 454 g/mol. The number of anilines is 3. The molecule has 0 aliphatic carbocycles. The molecule has 3 aromatic rings. The first kappa shape index (κ1) is 26.9. The lowest BCUT2D eigenvalue weighted by molar-refractivity contribution is 0.131. The fourth-order valence-electron chi connectivity index (χ4n) is 4.67. The highest BCUT2D eigenvalue weighted by atomic mass is 16.5. The van der Waals surface area contributed by atoms with E-state index in [4.69, 9.17) is 4.74 Å². The molecule has 3 aromatic carbocycles. The number of hydrogen-bond donors (Lipinski definition) is 0. The smallest absolute Gasteiger partial charge is 0.120 e. The molecule has 0 atom stereocenters. The predicted octanol–water partition coefficient (Wildman–Crippen LogP) is 8.16. The van der Waals surface area contributed by atoms with Gasteiger partial charge in [-0.2, -0.15) is 0 Å². The molecule has 0 unspecified atom stereocenters. The van der Waals surface area contributed by atoms with Gasteiger partial charge in [-0.25, -0.2) is 0 Å². The number of nitrogens with zero attached hydrogens (tertiary/aromatic N) is 3. The largest absolute Gasteiger partial charge is 0.488 e. The minimum atomic E-state index is -0.210. The Balaban J connectivity index is 1.63. The Morgan fingerprint density at radius 3 is 1.03 bits per heavy atom. The average Bonchev–Trinajstić information content (AvgIpc) is 2.82. The third-order valence-corrected chi connectivity index (χ3v) is 6.85. The Hall–Kier alpha value is -3.14. The summed E-state index contributed by atoms with van der Waals surface area (Å²) in [5.74, 6) is 0.900. The fourth-order valence-corrected chi connectivity index (χ4v) is 4.67. The van der Waals surface area contributed by atoms with Crippen LogP contribution in [0.4, 0.5) is 17.1 Å². The van der Waals surface area contributed by atoms with Crippen molar-refractivity contribution in [3.63, 3.8) is 0 Å². The summed E-state index contributed by atoms with van der Waals surface area (Å²) in [6.45, 7) is 22.3. The Kier molecular flexibility index (Phi) is 7.25. The van der Waals surface area contributed by atoms with Crippen molar-refractivity contribution in [3.8, 4) is 5.75 Å². The van der Waals surface area contributed by atoms with Crippen molar-refractivity contribution in [2.75, 3.05) is 34.7 Å². The van der Waals surface area contributed by atoms with Crippen LogP contribution >= 0.6 is 0 Å². The van der Waals surface area contributed by atoms with Gasteiger partial charge in [-0.1, -0.05) is 65.8 Å². The molecule has 37 heavy (non-hydrogen) atoms. The summed E-state index contributed by atoms with van der Waals surface area (Å²) in [6.07, 6.45) is 0. The van der Waals surface area contributed by atoms with E-state index in [1.165, 1.54) is 28.2 Å². The lowest BCUT2D eigenvalue weighted by Gasteiger charge is -2.45. The summed E-state index contributed by atoms with van der Waals surface area (Å²) >= 11 is 0. The van der Waals surface area contributed by atoms with Crippen LogP contribution < -0.4 is 19.4 Å². The molecular formula is C33H45N3O. The third-order valence-electron chi connectivity index (χ3n) is 6.85. The van der Waals surface area contributed by atoms with Gasteiger partial charge < -0.3 is 19.4 Å². The van der Waals surface area contributed by atoms with Crippen molar-refractivity contribution in [2.24, 2.45) is 0 Å². The van der Waals surface area contributed by atoms with Gasteiger partial charge in [0.05, 0.1) is 20.0 Å². The molecule has 0 radical (unpaired) electrons. The average molecular weight is 500 g/mol. The van der Waals surface area contributed by atoms with Crippen molar-refractivity contribution in [1.82, 2.24) is 0 Å². The van der Waals surface area contributed by atoms with Gasteiger partial charge in [-0.3, -0.25) is 0 Å². The van der Waals surface area contributed by atoms with Crippen molar-refractivity contribution in [1.29, 1.82) is 0 Å². The fraction of sp³-hybridized carbons (Fsp3) is 0.455. The summed E-state index contributed by atoms with van der Waals surface area (Å²) in [7, 11) is 0. The molecule has 1 saturated heterocycles. The third kappa shape index (κ3) is 6.80. The highest BCUT2D eigenvalue weighted by Gasteiger charge is 2.26. The summed E-state index contributed by atoms with van der Waals surface area (Å²) in [4.78, 5) is 7.33. The second-order valence-electron chi connectivity index (χ2n) is 13.3. The lowest BCUT2D eigenvalue weighted by atomic mass is 9.87. The second-order valence-corrected chi connectivity index (χ2v) is 13.3. The highest BCUT2D eigenvalue weighted by molar-refractivity contribution is 5.60. The zero-order valence-electron chi connectivity index (χ0n) is 24.3. The van der Waals surface area contributed by atoms with E-state index in [1.54, 1.807) is 0 Å². The topological polar surface area (TPSA) is 19.0 Å². The number of rotatable bonds is 4. The van der Waals surface area contributed by atoms with Gasteiger partial charge in [0, 0.05) is 17.1 Å². The van der Waals surface area contributed by atoms with Crippen LogP contribution in [0.1, 0.15) is 73.4 Å². The zero-order valence-corrected chi connectivity index (χ0v) is 24.3. The SMILES string of the molecule is CC(C)(C)Oc1ccc(N2CN(c3ccc(C(C)(C)C)cc3)CN(c3ccc(C(C)(C)C)cc3)C2)cc1. The monoisotopic (exact) mass is 499 g/mol. The molecule has 1 aliphatic rings. The molecule has 198 valence electrons. The van der Waals surface area contributed by atoms with Crippen LogP contribution in [0.25, 0.3) is 0 Å². The Morgan fingerprint density at radius 2 is 0.757 bits per heavy atom. The first-order valence-electron chi connectivity index (χ1n) is 13.4. The standard InChI is InChI=1S/C33H45N3O/c1-31(2,3)25-10-14-27(15-11-25)34-22-35(28-16-12-26(13-17-28)32(4,5)6)24-36(23-34)29-18-20-30(21-19-29)37-33(7,8)9/h10-21H,22-24H2,1-9H3. The van der Waals surface area contributed by atoms with Crippen LogP contribution in [0.15, 0.2) is 72.8 Å². The Bertz CT molecular complexity index is 1100. The van der Waals surface area contributed by atoms with E-state index in [0.717, 1.165) is 25.8 Å². The summed E-state index contributed by atoms with van der Waals surface area (Å²) in [5.41, 5.74) is 6.45. The van der Waals surface area contributed by atoms with E-state index in [1.807, 2.05) is 0 Å². The second kappa shape index (κ2) is 9.96. The maximum Gasteiger partial charge on any atom is 0.120 e. The quantitative estimate of drug-likeness (QED) is 0.360. The molecule has 4 heteroatoms. The molecule has 1 fully saturated rings. The normalized spacial score (nSPS) is 15.2. The molecule has 1 heterocycles.